The number of carbonyl (C=O) groups is 3. The summed E-state index contributed by atoms with van der Waals surface area (Å²) in [5.41, 5.74) is -10.6. The van der Waals surface area contributed by atoms with Crippen LogP contribution in [-0.4, -0.2) is 75.6 Å². The molecule has 156 valence electrons. The molecule has 12 nitrogen and oxygen atoms in total. The first-order chi connectivity index (χ1) is 13.3. The third-order valence-electron chi connectivity index (χ3n) is 5.32. The van der Waals surface area contributed by atoms with E-state index in [9.17, 15) is 34.5 Å². The van der Waals surface area contributed by atoms with Gasteiger partial charge in [0.1, 0.15) is 6.33 Å². The number of Topliss-reactive ketones (excluding diaryl/α,β-unsaturated/α-hetero) is 3. The topological polar surface area (TPSA) is 185 Å². The van der Waals surface area contributed by atoms with Crippen molar-refractivity contribution in [2.75, 3.05) is 6.61 Å². The van der Waals surface area contributed by atoms with Gasteiger partial charge in [-0.1, -0.05) is 11.6 Å². The Morgan fingerprint density at radius 2 is 1.72 bits per heavy atom. The first-order valence-corrected chi connectivity index (χ1v) is 8.62. The maximum absolute atomic E-state index is 12.6. The van der Waals surface area contributed by atoms with Crippen molar-refractivity contribution in [3.63, 3.8) is 0 Å². The van der Waals surface area contributed by atoms with Gasteiger partial charge in [-0.3, -0.25) is 23.7 Å². The summed E-state index contributed by atoms with van der Waals surface area (Å²) in [6.45, 7) is 1.18. The standard InChI is InChI=1S/C16H17ClN4O8/c1-7(23)13(4-22)14(27,8(2)24)15(28,9(3)25)16(17,29-13)21-6-20-10-11(21)18-5-19-12(10)26/h5-6,22,27-28H,4H2,1-3H3,(H,18,19,26)/t13-,14+,15+,16-/m0/s1. The van der Waals surface area contributed by atoms with Gasteiger partial charge in [-0.15, -0.1) is 0 Å². The number of carbonyl (C=O) groups excluding carboxylic acids is 3. The van der Waals surface area contributed by atoms with Crippen LogP contribution in [0.4, 0.5) is 0 Å². The van der Waals surface area contributed by atoms with Crippen molar-refractivity contribution in [2.24, 2.45) is 0 Å². The number of nitrogens with one attached hydrogen (secondary N) is 1. The minimum atomic E-state index is -3.29. The highest BCUT2D eigenvalue weighted by Crippen LogP contribution is 2.58. The molecular weight excluding hydrogens is 412 g/mol. The second-order valence-corrected chi connectivity index (χ2v) is 7.27. The van der Waals surface area contributed by atoms with E-state index in [0.29, 0.717) is 0 Å². The number of fused-ring (bicyclic) bond motifs is 1. The molecular formula is C16H17ClN4O8. The van der Waals surface area contributed by atoms with Gasteiger partial charge in [0.25, 0.3) is 10.7 Å². The van der Waals surface area contributed by atoms with E-state index in [1.165, 1.54) is 0 Å². The molecule has 0 aliphatic carbocycles. The van der Waals surface area contributed by atoms with Crippen molar-refractivity contribution in [3.05, 3.63) is 23.0 Å². The van der Waals surface area contributed by atoms with Gasteiger partial charge in [-0.05, 0) is 20.8 Å². The van der Waals surface area contributed by atoms with E-state index < -0.39 is 51.5 Å². The normalized spacial score (nSPS) is 34.4. The molecule has 1 saturated heterocycles. The first kappa shape index (κ1) is 21.2. The van der Waals surface area contributed by atoms with Crippen LogP contribution in [0.1, 0.15) is 20.8 Å². The molecule has 1 aliphatic rings. The van der Waals surface area contributed by atoms with E-state index in [0.717, 1.165) is 38.0 Å². The zero-order valence-corrected chi connectivity index (χ0v) is 16.2. The fourth-order valence-electron chi connectivity index (χ4n) is 3.77. The molecule has 4 N–H and O–H groups in total. The predicted octanol–water partition coefficient (Wildman–Crippen LogP) is -2.04. The number of halogens is 1. The molecule has 4 atom stereocenters. The van der Waals surface area contributed by atoms with E-state index in [4.69, 9.17) is 16.3 Å². The number of H-pyrrole nitrogens is 1. The highest BCUT2D eigenvalue weighted by atomic mass is 35.5. The largest absolute Gasteiger partial charge is 0.393 e. The molecule has 2 aromatic heterocycles. The fourth-order valence-corrected chi connectivity index (χ4v) is 4.29. The number of rotatable bonds is 5. The van der Waals surface area contributed by atoms with Crippen LogP contribution in [0, 0.1) is 0 Å². The van der Waals surface area contributed by atoms with Crippen LogP contribution < -0.4 is 5.56 Å². The number of hydrogen-bond donors (Lipinski definition) is 4. The van der Waals surface area contributed by atoms with Gasteiger partial charge in [0.15, 0.2) is 34.1 Å². The molecule has 0 radical (unpaired) electrons. The Balaban J connectivity index is 2.49. The molecule has 0 spiro atoms. The van der Waals surface area contributed by atoms with Crippen LogP contribution in [0.5, 0.6) is 0 Å². The summed E-state index contributed by atoms with van der Waals surface area (Å²) in [7, 11) is 0. The minimum absolute atomic E-state index is 0.266. The Hall–Kier alpha value is -2.51. The molecule has 1 aliphatic heterocycles. The van der Waals surface area contributed by atoms with Crippen LogP contribution in [0.25, 0.3) is 11.2 Å². The maximum Gasteiger partial charge on any atom is 0.278 e. The average Bonchev–Trinajstić information content (AvgIpc) is 3.15. The van der Waals surface area contributed by atoms with Gasteiger partial charge >= 0.3 is 0 Å². The summed E-state index contributed by atoms with van der Waals surface area (Å²) in [4.78, 5) is 59.4. The molecule has 0 unspecified atom stereocenters. The number of aromatic nitrogens is 4. The Labute approximate surface area is 167 Å². The second kappa shape index (κ2) is 6.24. The highest BCUT2D eigenvalue weighted by molar-refractivity contribution is 6.26. The van der Waals surface area contributed by atoms with E-state index in [1.54, 1.807) is 0 Å². The summed E-state index contributed by atoms with van der Waals surface area (Å²) in [6, 6.07) is 0. The SMILES string of the molecule is CC(=O)[C@@]1(O)[C@@](O)(C(C)=O)[C@](CO)(C(C)=O)O[C@@]1(Cl)n1cnc2c(=O)[nH]cnc21. The number of imidazole rings is 1. The lowest BCUT2D eigenvalue weighted by molar-refractivity contribution is -0.195. The number of hydrogen-bond acceptors (Lipinski definition) is 10. The van der Waals surface area contributed by atoms with Crippen molar-refractivity contribution in [2.45, 2.75) is 42.8 Å². The lowest BCUT2D eigenvalue weighted by Crippen LogP contribution is -2.74. The Morgan fingerprint density at radius 3 is 2.21 bits per heavy atom. The third kappa shape index (κ3) is 2.17. The van der Waals surface area contributed by atoms with Crippen LogP contribution >= 0.6 is 11.6 Å². The summed E-state index contributed by atoms with van der Waals surface area (Å²) in [6.07, 6.45) is 1.86. The summed E-state index contributed by atoms with van der Waals surface area (Å²) in [5, 5.41) is 29.7. The molecule has 2 aromatic rings. The van der Waals surface area contributed by atoms with Crippen molar-refractivity contribution in [1.82, 2.24) is 19.5 Å². The molecule has 29 heavy (non-hydrogen) atoms. The van der Waals surface area contributed by atoms with E-state index in [1.807, 2.05) is 0 Å². The van der Waals surface area contributed by atoms with Crippen molar-refractivity contribution >= 4 is 40.1 Å². The zero-order chi connectivity index (χ0) is 22.0. The summed E-state index contributed by atoms with van der Waals surface area (Å²) >= 11 is 6.51. The highest BCUT2D eigenvalue weighted by Gasteiger charge is 2.85. The molecule has 0 saturated carbocycles. The second-order valence-electron chi connectivity index (χ2n) is 6.76. The van der Waals surface area contributed by atoms with Crippen molar-refractivity contribution in [3.8, 4) is 0 Å². The maximum atomic E-state index is 12.6. The number of alkyl halides is 1. The van der Waals surface area contributed by atoms with E-state index in [-0.39, 0.29) is 11.2 Å². The monoisotopic (exact) mass is 428 g/mol. The van der Waals surface area contributed by atoms with Gasteiger partial charge in [-0.25, -0.2) is 9.97 Å². The fraction of sp³-hybridized carbons (Fsp3) is 0.500. The molecule has 13 heteroatoms. The van der Waals surface area contributed by atoms with Crippen LogP contribution in [0.3, 0.4) is 0 Å². The third-order valence-corrected chi connectivity index (χ3v) is 5.86. The number of aliphatic hydroxyl groups is 3. The molecule has 0 bridgehead atoms. The Morgan fingerprint density at radius 1 is 1.14 bits per heavy atom. The quantitative estimate of drug-likeness (QED) is 0.386. The lowest BCUT2D eigenvalue weighted by atomic mass is 9.67. The number of aromatic amines is 1. The van der Waals surface area contributed by atoms with E-state index >= 15 is 0 Å². The average molecular weight is 429 g/mol. The molecule has 0 aromatic carbocycles. The van der Waals surface area contributed by atoms with Crippen LogP contribution in [0.2, 0.25) is 0 Å². The summed E-state index contributed by atoms with van der Waals surface area (Å²) < 4.78 is 6.22. The number of ketones is 3. The van der Waals surface area contributed by atoms with Gasteiger partial charge < -0.3 is 25.0 Å². The molecule has 1 fully saturated rings. The van der Waals surface area contributed by atoms with Crippen molar-refractivity contribution < 1.29 is 34.4 Å². The minimum Gasteiger partial charge on any atom is -0.393 e. The van der Waals surface area contributed by atoms with Gasteiger partial charge in [-0.2, -0.15) is 0 Å². The predicted molar refractivity (Wildman–Crippen MR) is 94.8 cm³/mol. The van der Waals surface area contributed by atoms with Crippen LogP contribution in [0.15, 0.2) is 17.4 Å². The lowest BCUT2D eigenvalue weighted by Gasteiger charge is -2.42. The number of nitrogens with zero attached hydrogens (tertiary/aromatic N) is 3. The summed E-state index contributed by atoms with van der Waals surface area (Å²) in [5.74, 6) is -3.61. The van der Waals surface area contributed by atoms with Gasteiger partial charge in [0, 0.05) is 0 Å². The van der Waals surface area contributed by atoms with Crippen molar-refractivity contribution in [1.29, 1.82) is 0 Å². The Kier molecular flexibility index (Phi) is 4.56. The van der Waals surface area contributed by atoms with Crippen LogP contribution in [-0.2, 0) is 24.3 Å². The smallest absolute Gasteiger partial charge is 0.278 e. The number of aliphatic hydroxyl groups excluding tert-OH is 1. The molecule has 3 heterocycles. The number of ether oxygens (including phenoxy) is 1. The first-order valence-electron chi connectivity index (χ1n) is 8.24. The van der Waals surface area contributed by atoms with E-state index in [2.05, 4.69) is 15.0 Å². The molecule has 0 amide bonds. The Bertz CT molecular complexity index is 1110. The zero-order valence-electron chi connectivity index (χ0n) is 15.5. The van der Waals surface area contributed by atoms with Gasteiger partial charge in [0.2, 0.25) is 11.2 Å². The molecule has 3 rings (SSSR count). The van der Waals surface area contributed by atoms with Gasteiger partial charge in [0.05, 0.1) is 12.9 Å².